The van der Waals surface area contributed by atoms with E-state index >= 15 is 0 Å². The molecule has 2 N–H and O–H groups in total. The number of imidazole rings is 1. The van der Waals surface area contributed by atoms with Crippen molar-refractivity contribution in [1.29, 1.82) is 0 Å². The molecule has 0 spiro atoms. The lowest BCUT2D eigenvalue weighted by atomic mass is 10.0. The Morgan fingerprint density at radius 2 is 1.92 bits per heavy atom. The minimum absolute atomic E-state index is 0.112. The highest BCUT2D eigenvalue weighted by molar-refractivity contribution is 5.68. The summed E-state index contributed by atoms with van der Waals surface area (Å²) in [5.41, 5.74) is -3.85. The van der Waals surface area contributed by atoms with Crippen LogP contribution >= 0.6 is 0 Å². The minimum atomic E-state index is -5.00. The lowest BCUT2D eigenvalue weighted by Crippen LogP contribution is -2.47. The Morgan fingerprint density at radius 1 is 1.18 bits per heavy atom. The lowest BCUT2D eigenvalue weighted by Gasteiger charge is -2.34. The molecule has 3 aromatic rings. The van der Waals surface area contributed by atoms with Crippen LogP contribution in [0.2, 0.25) is 0 Å². The van der Waals surface area contributed by atoms with E-state index in [-0.39, 0.29) is 34.9 Å². The largest absolute Gasteiger partial charge is 0.495 e. The van der Waals surface area contributed by atoms with Crippen LogP contribution in [0.3, 0.4) is 0 Å². The normalized spacial score (nSPS) is 18.2. The number of nitrogens with one attached hydrogen (secondary N) is 1. The lowest BCUT2D eigenvalue weighted by molar-refractivity contribution is -0.261. The predicted molar refractivity (Wildman–Crippen MR) is 131 cm³/mol. The molecule has 4 heterocycles. The summed E-state index contributed by atoms with van der Waals surface area (Å²) in [5.74, 6) is 0.148. The van der Waals surface area contributed by atoms with Gasteiger partial charge in [0.05, 0.1) is 25.7 Å². The monoisotopic (exact) mass is 537 g/mol. The van der Waals surface area contributed by atoms with Gasteiger partial charge in [-0.05, 0) is 40.5 Å². The molecule has 0 aromatic carbocycles. The number of aromatic nitrogens is 5. The standard InChI is InChI=1S/C24H30F3N7O4/c1-22(2,3)38-21(35)33-8-6-7-14(13-33)30-18-12-28-10-15(31-18)16-11-29-19-9-17(37-5)20(32-34(16)19)23(4,36)24(25,26)27/h9-12,14,36H,6-8,13H2,1-5H3,(H,30,31). The highest BCUT2D eigenvalue weighted by Gasteiger charge is 2.54. The van der Waals surface area contributed by atoms with Crippen molar-refractivity contribution < 1.29 is 32.5 Å². The van der Waals surface area contributed by atoms with Gasteiger partial charge in [0, 0.05) is 25.2 Å². The molecule has 38 heavy (non-hydrogen) atoms. The van der Waals surface area contributed by atoms with E-state index in [9.17, 15) is 23.1 Å². The molecule has 3 aromatic heterocycles. The molecule has 1 aliphatic heterocycles. The Labute approximate surface area is 217 Å². The molecule has 14 heteroatoms. The number of hydrogen-bond acceptors (Lipinski definition) is 9. The number of carbonyl (C=O) groups excluding carboxylic acids is 1. The molecule has 0 bridgehead atoms. The molecule has 1 amide bonds. The van der Waals surface area contributed by atoms with E-state index in [1.165, 1.54) is 31.8 Å². The van der Waals surface area contributed by atoms with Crippen LogP contribution in [0.5, 0.6) is 5.75 Å². The topological polar surface area (TPSA) is 127 Å². The zero-order valence-electron chi connectivity index (χ0n) is 21.7. The average molecular weight is 538 g/mol. The molecule has 11 nitrogen and oxygen atoms in total. The number of carbonyl (C=O) groups is 1. The van der Waals surface area contributed by atoms with E-state index in [1.54, 1.807) is 4.90 Å². The Hall–Kier alpha value is -3.68. The molecule has 0 aliphatic carbocycles. The van der Waals surface area contributed by atoms with Crippen molar-refractivity contribution in [2.45, 2.75) is 64.0 Å². The highest BCUT2D eigenvalue weighted by Crippen LogP contribution is 2.41. The maximum atomic E-state index is 13.6. The SMILES string of the molecule is COc1cc2ncc(-c3cncc(NC4CCCN(C(=O)OC(C)(C)C)C4)n3)n2nc1C(C)(O)C(F)(F)F. The number of rotatable bonds is 5. The van der Waals surface area contributed by atoms with E-state index in [0.717, 1.165) is 17.4 Å². The average Bonchev–Trinajstić information content (AvgIpc) is 3.25. The number of halogens is 3. The first-order valence-electron chi connectivity index (χ1n) is 12.0. The van der Waals surface area contributed by atoms with Crippen LogP contribution in [0.1, 0.15) is 46.2 Å². The molecule has 1 fully saturated rings. The molecule has 2 unspecified atom stereocenters. The summed E-state index contributed by atoms with van der Waals surface area (Å²) in [5, 5.41) is 17.6. The van der Waals surface area contributed by atoms with E-state index < -0.39 is 23.1 Å². The maximum absolute atomic E-state index is 13.6. The van der Waals surface area contributed by atoms with Crippen molar-refractivity contribution in [1.82, 2.24) is 29.5 Å². The van der Waals surface area contributed by atoms with E-state index in [4.69, 9.17) is 9.47 Å². The quantitative estimate of drug-likeness (QED) is 0.500. The van der Waals surface area contributed by atoms with Crippen LogP contribution in [0.15, 0.2) is 24.7 Å². The minimum Gasteiger partial charge on any atom is -0.495 e. The Bertz CT molecular complexity index is 1320. The number of hydrogen-bond donors (Lipinski definition) is 2. The Kier molecular flexibility index (Phi) is 7.12. The summed E-state index contributed by atoms with van der Waals surface area (Å²) in [6.07, 6.45) is 0.501. The Balaban J connectivity index is 1.61. The number of amides is 1. The first-order chi connectivity index (χ1) is 17.7. The molecule has 2 atom stereocenters. The van der Waals surface area contributed by atoms with Gasteiger partial charge in [0.2, 0.25) is 5.60 Å². The van der Waals surface area contributed by atoms with Gasteiger partial charge in [-0.3, -0.25) is 4.98 Å². The summed E-state index contributed by atoms with van der Waals surface area (Å²) in [7, 11) is 1.18. The maximum Gasteiger partial charge on any atom is 0.422 e. The number of piperidine rings is 1. The number of alkyl halides is 3. The third kappa shape index (κ3) is 5.59. The zero-order chi connectivity index (χ0) is 27.9. The second-order valence-corrected chi connectivity index (χ2v) is 10.2. The van der Waals surface area contributed by atoms with Crippen molar-refractivity contribution in [3.8, 4) is 17.1 Å². The van der Waals surface area contributed by atoms with Gasteiger partial charge in [0.25, 0.3) is 0 Å². The number of nitrogens with zero attached hydrogens (tertiary/aromatic N) is 6. The molecule has 0 radical (unpaired) electrons. The molecule has 0 saturated carbocycles. The summed E-state index contributed by atoms with van der Waals surface area (Å²) in [6, 6.07) is 1.15. The van der Waals surface area contributed by atoms with Crippen LogP contribution < -0.4 is 10.1 Å². The van der Waals surface area contributed by atoms with Crippen molar-refractivity contribution >= 4 is 17.6 Å². The van der Waals surface area contributed by atoms with Crippen molar-refractivity contribution in [3.63, 3.8) is 0 Å². The van der Waals surface area contributed by atoms with E-state index in [0.29, 0.717) is 25.8 Å². The number of likely N-dealkylation sites (tertiary alicyclic amines) is 1. The van der Waals surface area contributed by atoms with Gasteiger partial charge in [-0.2, -0.15) is 18.3 Å². The fourth-order valence-electron chi connectivity index (χ4n) is 4.06. The van der Waals surface area contributed by atoms with Crippen LogP contribution in [-0.4, -0.2) is 78.7 Å². The third-order valence-electron chi connectivity index (χ3n) is 6.01. The van der Waals surface area contributed by atoms with Crippen molar-refractivity contribution in [3.05, 3.63) is 30.4 Å². The van der Waals surface area contributed by atoms with Gasteiger partial charge in [-0.1, -0.05) is 0 Å². The number of aliphatic hydroxyl groups is 1. The zero-order valence-corrected chi connectivity index (χ0v) is 21.7. The van der Waals surface area contributed by atoms with Crippen LogP contribution in [0.25, 0.3) is 17.0 Å². The second kappa shape index (κ2) is 9.89. The molecule has 1 aliphatic rings. The van der Waals surface area contributed by atoms with E-state index in [2.05, 4.69) is 25.4 Å². The van der Waals surface area contributed by atoms with Gasteiger partial charge in [0.15, 0.2) is 5.65 Å². The summed E-state index contributed by atoms with van der Waals surface area (Å²) in [4.78, 5) is 27.1. The number of ether oxygens (including phenoxy) is 2. The fraction of sp³-hybridized carbons (Fsp3) is 0.542. The van der Waals surface area contributed by atoms with Crippen molar-refractivity contribution in [2.75, 3.05) is 25.5 Å². The number of anilines is 1. The fourth-order valence-corrected chi connectivity index (χ4v) is 4.06. The first-order valence-corrected chi connectivity index (χ1v) is 12.0. The Morgan fingerprint density at radius 3 is 2.58 bits per heavy atom. The predicted octanol–water partition coefficient (Wildman–Crippen LogP) is 3.78. The smallest absolute Gasteiger partial charge is 0.422 e. The molecular weight excluding hydrogens is 507 g/mol. The summed E-state index contributed by atoms with van der Waals surface area (Å²) in [6.45, 7) is 7.03. The van der Waals surface area contributed by atoms with Gasteiger partial charge >= 0.3 is 12.3 Å². The summed E-state index contributed by atoms with van der Waals surface area (Å²) >= 11 is 0. The van der Waals surface area contributed by atoms with Crippen LogP contribution in [0, 0.1) is 0 Å². The van der Waals surface area contributed by atoms with Crippen LogP contribution in [-0.2, 0) is 10.3 Å². The molecular formula is C24H30F3N7O4. The van der Waals surface area contributed by atoms with Gasteiger partial charge in [-0.25, -0.2) is 19.3 Å². The van der Waals surface area contributed by atoms with Crippen molar-refractivity contribution in [2.24, 2.45) is 0 Å². The van der Waals surface area contributed by atoms with Gasteiger partial charge in [-0.15, -0.1) is 0 Å². The van der Waals surface area contributed by atoms with Gasteiger partial charge < -0.3 is 24.8 Å². The third-order valence-corrected chi connectivity index (χ3v) is 6.01. The number of fused-ring (bicyclic) bond motifs is 1. The summed E-state index contributed by atoms with van der Waals surface area (Å²) < 4.78 is 52.4. The first kappa shape index (κ1) is 27.4. The number of methoxy groups -OCH3 is 1. The van der Waals surface area contributed by atoms with Gasteiger partial charge in [0.1, 0.15) is 34.3 Å². The second-order valence-electron chi connectivity index (χ2n) is 10.2. The highest BCUT2D eigenvalue weighted by atomic mass is 19.4. The molecule has 4 rings (SSSR count). The van der Waals surface area contributed by atoms with E-state index in [1.807, 2.05) is 20.8 Å². The molecule has 1 saturated heterocycles. The van der Waals surface area contributed by atoms with Crippen LogP contribution in [0.4, 0.5) is 23.8 Å². The molecule has 206 valence electrons.